The fraction of sp³-hybridized carbons (Fsp3) is 0.739. The van der Waals surface area contributed by atoms with Crippen molar-refractivity contribution in [2.24, 2.45) is 29.4 Å². The van der Waals surface area contributed by atoms with Crippen LogP contribution in [0, 0.1) is 23.7 Å². The molecule has 3 aliphatic carbocycles. The Morgan fingerprint density at radius 1 is 1.23 bits per heavy atom. The average Bonchev–Trinajstić information content (AvgIpc) is 2.67. The van der Waals surface area contributed by atoms with Crippen LogP contribution in [-0.4, -0.2) is 54.2 Å². The highest BCUT2D eigenvalue weighted by Crippen LogP contribution is 2.33. The summed E-state index contributed by atoms with van der Waals surface area (Å²) in [7, 11) is 1.87. The van der Waals surface area contributed by atoms with E-state index < -0.39 is 17.9 Å². The van der Waals surface area contributed by atoms with Gasteiger partial charge in [-0.25, -0.2) is 4.39 Å². The van der Waals surface area contributed by atoms with Crippen molar-refractivity contribution in [3.8, 4) is 0 Å². The average molecular weight is 423 g/mol. The maximum atomic E-state index is 14.1. The Hall–Kier alpha value is -1.73. The molecule has 2 saturated carbocycles. The summed E-state index contributed by atoms with van der Waals surface area (Å²) in [6, 6.07) is -0.0698. The van der Waals surface area contributed by atoms with Gasteiger partial charge in [0.05, 0.1) is 18.6 Å². The molecule has 0 spiro atoms. The van der Waals surface area contributed by atoms with Gasteiger partial charge >= 0.3 is 5.97 Å². The third-order valence-corrected chi connectivity index (χ3v) is 7.21. The zero-order chi connectivity index (χ0) is 21.8. The first kappa shape index (κ1) is 22.9. The van der Waals surface area contributed by atoms with Gasteiger partial charge in [0.2, 0.25) is 5.91 Å². The molecule has 7 heteroatoms. The SMILES string of the molecule is CC1C=C(F)C(COCC2CCC([C@H](N)C(=O)N(C)C3CCC3)CC2)=CC1C(=O)O. The molecule has 2 fully saturated rings. The highest BCUT2D eigenvalue weighted by atomic mass is 19.1. The standard InChI is InChI=1S/C23H35FN2O4/c1-14-10-20(24)17(11-19(14)23(28)29)13-30-12-15-6-8-16(9-7-15)21(25)22(27)26(2)18-4-3-5-18/h10-11,14-16,18-19,21H,3-9,12-13,25H2,1-2H3,(H,28,29)/t14?,15?,16?,19?,21-/m0/s1. The number of nitrogens with two attached hydrogens (primary N) is 1. The Balaban J connectivity index is 1.41. The Morgan fingerprint density at radius 2 is 1.90 bits per heavy atom. The molecule has 168 valence electrons. The van der Waals surface area contributed by atoms with E-state index in [9.17, 15) is 19.1 Å². The van der Waals surface area contributed by atoms with Crippen molar-refractivity contribution >= 4 is 11.9 Å². The van der Waals surface area contributed by atoms with Crippen molar-refractivity contribution in [3.63, 3.8) is 0 Å². The van der Waals surface area contributed by atoms with Crippen molar-refractivity contribution < 1.29 is 23.8 Å². The van der Waals surface area contributed by atoms with Gasteiger partial charge in [0, 0.05) is 25.3 Å². The van der Waals surface area contributed by atoms with Crippen molar-refractivity contribution in [2.45, 2.75) is 64.0 Å². The van der Waals surface area contributed by atoms with E-state index in [1.165, 1.54) is 18.6 Å². The van der Waals surface area contributed by atoms with Crippen molar-refractivity contribution in [1.29, 1.82) is 0 Å². The predicted molar refractivity (Wildman–Crippen MR) is 112 cm³/mol. The normalized spacial score (nSPS) is 30.7. The first-order valence-corrected chi connectivity index (χ1v) is 11.2. The van der Waals surface area contributed by atoms with E-state index in [0.717, 1.165) is 38.5 Å². The molecule has 3 rings (SSSR count). The van der Waals surface area contributed by atoms with Crippen LogP contribution in [-0.2, 0) is 14.3 Å². The summed E-state index contributed by atoms with van der Waals surface area (Å²) in [6.07, 6.45) is 9.86. The summed E-state index contributed by atoms with van der Waals surface area (Å²) in [5, 5.41) is 9.26. The van der Waals surface area contributed by atoms with Gasteiger partial charge in [-0.15, -0.1) is 0 Å². The van der Waals surface area contributed by atoms with Crippen LogP contribution in [0.4, 0.5) is 4.39 Å². The first-order valence-electron chi connectivity index (χ1n) is 11.2. The number of carboxylic acids is 1. The molecule has 3 aliphatic rings. The minimum Gasteiger partial charge on any atom is -0.481 e. The zero-order valence-electron chi connectivity index (χ0n) is 18.1. The quantitative estimate of drug-likeness (QED) is 0.626. The second kappa shape index (κ2) is 10.1. The molecule has 1 amide bonds. The third kappa shape index (κ3) is 5.30. The lowest BCUT2D eigenvalue weighted by molar-refractivity contribution is -0.141. The van der Waals surface area contributed by atoms with Crippen LogP contribution in [0.25, 0.3) is 0 Å². The fourth-order valence-corrected chi connectivity index (χ4v) is 4.74. The number of nitrogens with zero attached hydrogens (tertiary/aromatic N) is 1. The molecule has 3 N–H and O–H groups in total. The van der Waals surface area contributed by atoms with Crippen LogP contribution in [0.15, 0.2) is 23.6 Å². The second-order valence-corrected chi connectivity index (χ2v) is 9.29. The molecule has 0 aromatic rings. The molecule has 3 atom stereocenters. The smallest absolute Gasteiger partial charge is 0.310 e. The molecule has 0 aromatic heterocycles. The topological polar surface area (TPSA) is 92.9 Å². The van der Waals surface area contributed by atoms with Gasteiger partial charge in [-0.1, -0.05) is 13.0 Å². The lowest BCUT2D eigenvalue weighted by Gasteiger charge is -2.38. The van der Waals surface area contributed by atoms with E-state index in [0.29, 0.717) is 24.1 Å². The summed E-state index contributed by atoms with van der Waals surface area (Å²) in [5.41, 5.74) is 6.61. The number of carboxylic acid groups (broad SMARTS) is 1. The van der Waals surface area contributed by atoms with Crippen LogP contribution >= 0.6 is 0 Å². The number of allylic oxidation sites excluding steroid dienone is 1. The monoisotopic (exact) mass is 422 g/mol. The van der Waals surface area contributed by atoms with Gasteiger partial charge < -0.3 is 20.5 Å². The molecule has 6 nitrogen and oxygen atoms in total. The van der Waals surface area contributed by atoms with Gasteiger partial charge in [0.25, 0.3) is 0 Å². The van der Waals surface area contributed by atoms with Gasteiger partial charge in [-0.05, 0) is 68.8 Å². The van der Waals surface area contributed by atoms with E-state index in [1.807, 2.05) is 11.9 Å². The molecule has 0 aromatic carbocycles. The van der Waals surface area contributed by atoms with E-state index in [1.54, 1.807) is 6.92 Å². The maximum absolute atomic E-state index is 14.1. The highest BCUT2D eigenvalue weighted by Gasteiger charge is 2.34. The molecule has 0 saturated heterocycles. The third-order valence-electron chi connectivity index (χ3n) is 7.21. The van der Waals surface area contributed by atoms with E-state index in [4.69, 9.17) is 10.5 Å². The first-order chi connectivity index (χ1) is 14.3. The van der Waals surface area contributed by atoms with Crippen LogP contribution in [0.3, 0.4) is 0 Å². The zero-order valence-corrected chi connectivity index (χ0v) is 18.1. The van der Waals surface area contributed by atoms with Gasteiger partial charge in [-0.3, -0.25) is 9.59 Å². The molecule has 0 aliphatic heterocycles. The van der Waals surface area contributed by atoms with Crippen LogP contribution < -0.4 is 5.73 Å². The summed E-state index contributed by atoms with van der Waals surface area (Å²) >= 11 is 0. The van der Waals surface area contributed by atoms with Crippen LogP contribution in [0.1, 0.15) is 51.9 Å². The Morgan fingerprint density at radius 3 is 2.47 bits per heavy atom. The van der Waals surface area contributed by atoms with Crippen molar-refractivity contribution in [1.82, 2.24) is 4.90 Å². The summed E-state index contributed by atoms with van der Waals surface area (Å²) in [5.74, 6) is -1.78. The molecule has 0 bridgehead atoms. The number of ether oxygens (including phenoxy) is 1. The number of carbonyl (C=O) groups excluding carboxylic acids is 1. The Bertz CT molecular complexity index is 695. The molecule has 0 heterocycles. The number of halogens is 1. The minimum absolute atomic E-state index is 0.0631. The minimum atomic E-state index is -0.948. The second-order valence-electron chi connectivity index (χ2n) is 9.29. The number of hydrogen-bond donors (Lipinski definition) is 2. The Kier molecular flexibility index (Phi) is 7.69. The fourth-order valence-electron chi connectivity index (χ4n) is 4.74. The van der Waals surface area contributed by atoms with Gasteiger partial charge in [0.15, 0.2) is 0 Å². The molecular weight excluding hydrogens is 387 g/mol. The van der Waals surface area contributed by atoms with E-state index in [2.05, 4.69) is 0 Å². The van der Waals surface area contributed by atoms with Gasteiger partial charge in [-0.2, -0.15) is 0 Å². The molecule has 0 radical (unpaired) electrons. The summed E-state index contributed by atoms with van der Waals surface area (Å²) in [4.78, 5) is 25.8. The van der Waals surface area contributed by atoms with Crippen molar-refractivity contribution in [2.75, 3.05) is 20.3 Å². The largest absolute Gasteiger partial charge is 0.481 e. The summed E-state index contributed by atoms with van der Waals surface area (Å²) in [6.45, 7) is 2.29. The number of aliphatic carboxylic acids is 1. The molecule has 30 heavy (non-hydrogen) atoms. The molecular formula is C23H35FN2O4. The van der Waals surface area contributed by atoms with Gasteiger partial charge in [0.1, 0.15) is 5.83 Å². The van der Waals surface area contributed by atoms with E-state index >= 15 is 0 Å². The summed E-state index contributed by atoms with van der Waals surface area (Å²) < 4.78 is 19.9. The number of carbonyl (C=O) groups is 2. The molecule has 2 unspecified atom stereocenters. The Labute approximate surface area is 178 Å². The number of rotatable bonds is 8. The highest BCUT2D eigenvalue weighted by molar-refractivity contribution is 5.82. The lowest BCUT2D eigenvalue weighted by atomic mass is 9.78. The predicted octanol–water partition coefficient (Wildman–Crippen LogP) is 3.28. The van der Waals surface area contributed by atoms with Crippen LogP contribution in [0.5, 0.6) is 0 Å². The van der Waals surface area contributed by atoms with Crippen molar-refractivity contribution in [3.05, 3.63) is 23.6 Å². The number of amides is 1. The van der Waals surface area contributed by atoms with Crippen LogP contribution in [0.2, 0.25) is 0 Å². The lowest BCUT2D eigenvalue weighted by Crippen LogP contribution is -2.52. The number of likely N-dealkylation sites (N-methyl/N-ethyl adjacent to an activating group) is 1. The number of hydrogen-bond acceptors (Lipinski definition) is 4. The van der Waals surface area contributed by atoms with E-state index in [-0.39, 0.29) is 30.2 Å². The maximum Gasteiger partial charge on any atom is 0.310 e.